The minimum absolute atomic E-state index is 0.0894. The molecule has 13 heteroatoms. The maximum Gasteiger partial charge on any atom is 0.324 e. The van der Waals surface area contributed by atoms with Crippen LogP contribution in [-0.4, -0.2) is 69.6 Å². The Bertz CT molecular complexity index is 603. The van der Waals surface area contributed by atoms with Gasteiger partial charge in [-0.15, -0.1) is 0 Å². The molecule has 2 heterocycles. The van der Waals surface area contributed by atoms with E-state index in [0.29, 0.717) is 0 Å². The maximum absolute atomic E-state index is 10.4. The number of aliphatic hydroxyl groups excluding tert-OH is 1. The molecule has 9 nitrogen and oxygen atoms in total. The third kappa shape index (κ3) is 6.46. The predicted octanol–water partition coefficient (Wildman–Crippen LogP) is 1.04. The van der Waals surface area contributed by atoms with Gasteiger partial charge in [-0.05, 0) is 37.5 Å². The lowest BCUT2D eigenvalue weighted by atomic mass is 10.00. The van der Waals surface area contributed by atoms with Gasteiger partial charge >= 0.3 is 13.4 Å². The fraction of sp³-hybridized carbons (Fsp3) is 1.00. The summed E-state index contributed by atoms with van der Waals surface area (Å²) < 4.78 is 27.5. The number of aliphatic hydroxyl groups is 1. The second-order valence-corrected chi connectivity index (χ2v) is 12.5. The Morgan fingerprint density at radius 3 is 1.81 bits per heavy atom. The van der Waals surface area contributed by atoms with E-state index in [1.165, 1.54) is 0 Å². The smallest absolute Gasteiger partial charge is 0.324 e. The summed E-state index contributed by atoms with van der Waals surface area (Å²) in [7, 11) is 0. The van der Waals surface area contributed by atoms with Crippen molar-refractivity contribution in [3.8, 4) is 0 Å². The van der Waals surface area contributed by atoms with Crippen molar-refractivity contribution in [2.45, 2.75) is 64.3 Å². The molecular formula is C14H28O9P2S2. The molecule has 0 aromatic heterocycles. The van der Waals surface area contributed by atoms with Crippen LogP contribution in [0.3, 0.4) is 0 Å². The van der Waals surface area contributed by atoms with Crippen molar-refractivity contribution >= 4 is 37.1 Å². The van der Waals surface area contributed by atoms with Crippen LogP contribution >= 0.6 is 13.4 Å². The van der Waals surface area contributed by atoms with Gasteiger partial charge in [0.25, 0.3) is 0 Å². The van der Waals surface area contributed by atoms with E-state index in [2.05, 4.69) is 11.8 Å². The first-order chi connectivity index (χ1) is 12.3. The van der Waals surface area contributed by atoms with E-state index >= 15 is 0 Å². The monoisotopic (exact) mass is 466 g/mol. The molecule has 0 amide bonds. The Labute approximate surface area is 169 Å². The van der Waals surface area contributed by atoms with Crippen molar-refractivity contribution in [2.24, 2.45) is 11.8 Å². The second-order valence-electron chi connectivity index (χ2n) is 7.06. The lowest BCUT2D eigenvalue weighted by molar-refractivity contribution is -0.0265. The fourth-order valence-electron chi connectivity index (χ4n) is 3.28. The SMILES string of the molecule is CC1[C@H](C)O[C@H](COP(O)(=S)O[C@@H]2C(C)[C@H](C)O[C@@H]2CO)[C@@H]1OP(O)(O)=S. The fourth-order valence-corrected chi connectivity index (χ4v) is 5.74. The van der Waals surface area contributed by atoms with Crippen LogP contribution in [0.25, 0.3) is 0 Å². The Balaban J connectivity index is 1.99. The molecule has 160 valence electrons. The zero-order chi connectivity index (χ0) is 20.6. The minimum atomic E-state index is -3.89. The van der Waals surface area contributed by atoms with Crippen LogP contribution in [0.5, 0.6) is 0 Å². The maximum atomic E-state index is 10.4. The number of hydrogen-bond donors (Lipinski definition) is 4. The molecule has 2 aliphatic rings. The average molecular weight is 466 g/mol. The van der Waals surface area contributed by atoms with E-state index in [1.807, 2.05) is 27.7 Å². The van der Waals surface area contributed by atoms with Gasteiger partial charge in [0.2, 0.25) is 0 Å². The van der Waals surface area contributed by atoms with Crippen LogP contribution in [0, 0.1) is 11.8 Å². The van der Waals surface area contributed by atoms with E-state index < -0.39 is 37.9 Å². The Morgan fingerprint density at radius 1 is 0.852 bits per heavy atom. The molecule has 2 aliphatic heterocycles. The van der Waals surface area contributed by atoms with E-state index in [9.17, 15) is 19.8 Å². The predicted molar refractivity (Wildman–Crippen MR) is 105 cm³/mol. The quantitative estimate of drug-likeness (QED) is 0.383. The van der Waals surface area contributed by atoms with Gasteiger partial charge in [0.15, 0.2) is 0 Å². The summed E-state index contributed by atoms with van der Waals surface area (Å²) >= 11 is 9.64. The summed E-state index contributed by atoms with van der Waals surface area (Å²) in [4.78, 5) is 29.4. The van der Waals surface area contributed by atoms with E-state index in [4.69, 9.17) is 34.9 Å². The largest absolute Gasteiger partial charge is 0.394 e. The number of ether oxygens (including phenoxy) is 2. The van der Waals surface area contributed by atoms with Crippen molar-refractivity contribution in [1.82, 2.24) is 0 Å². The van der Waals surface area contributed by atoms with Crippen molar-refractivity contribution < 1.29 is 42.8 Å². The van der Waals surface area contributed by atoms with Gasteiger partial charge in [-0.3, -0.25) is 0 Å². The molecule has 0 aromatic rings. The normalized spacial score (nSPS) is 42.4. The zero-order valence-corrected chi connectivity index (χ0v) is 19.0. The average Bonchev–Trinajstić information content (AvgIpc) is 2.96. The van der Waals surface area contributed by atoms with Crippen LogP contribution in [0.4, 0.5) is 0 Å². The standard InChI is InChI=1S/C14H28O9P2S2/c1-7-9(3)20-11(5-15)13(7)23-25(18,27)19-6-12-14(22-24(16,17)26)8(2)10(4)21-12/h7-15H,5-6H2,1-4H3,(H,18,27)(H2,16,17,26)/t7?,8?,9-,10-,11+,12+,13+,14+,25?/m0/s1. The molecule has 0 bridgehead atoms. The molecule has 0 saturated carbocycles. The number of rotatable bonds is 8. The van der Waals surface area contributed by atoms with Crippen molar-refractivity contribution in [2.75, 3.05) is 13.2 Å². The molecule has 27 heavy (non-hydrogen) atoms. The third-order valence-electron chi connectivity index (χ3n) is 5.12. The van der Waals surface area contributed by atoms with E-state index in [0.717, 1.165) is 0 Å². The van der Waals surface area contributed by atoms with Crippen LogP contribution < -0.4 is 0 Å². The highest BCUT2D eigenvalue weighted by Crippen LogP contribution is 2.50. The highest BCUT2D eigenvalue weighted by molar-refractivity contribution is 8.07. The van der Waals surface area contributed by atoms with E-state index in [1.54, 1.807) is 0 Å². The highest BCUT2D eigenvalue weighted by atomic mass is 32.5. The van der Waals surface area contributed by atoms with Crippen LogP contribution in [0.2, 0.25) is 0 Å². The molecule has 9 atom stereocenters. The first-order valence-electron chi connectivity index (χ1n) is 8.66. The van der Waals surface area contributed by atoms with Crippen LogP contribution in [-0.2, 0) is 46.7 Å². The molecule has 4 N–H and O–H groups in total. The molecule has 2 rings (SSSR count). The van der Waals surface area contributed by atoms with Gasteiger partial charge in [0.1, 0.15) is 24.4 Å². The molecule has 0 aliphatic carbocycles. The molecule has 2 fully saturated rings. The molecule has 0 spiro atoms. The number of hydrogen-bond acceptors (Lipinski definition) is 8. The Morgan fingerprint density at radius 2 is 1.33 bits per heavy atom. The topological polar surface area (TPSA) is 127 Å². The zero-order valence-electron chi connectivity index (χ0n) is 15.6. The van der Waals surface area contributed by atoms with Gasteiger partial charge in [0, 0.05) is 11.8 Å². The highest BCUT2D eigenvalue weighted by Gasteiger charge is 2.45. The van der Waals surface area contributed by atoms with E-state index in [-0.39, 0.29) is 37.3 Å². The van der Waals surface area contributed by atoms with Gasteiger partial charge in [-0.2, -0.15) is 0 Å². The molecule has 0 radical (unpaired) electrons. The van der Waals surface area contributed by atoms with Crippen LogP contribution in [0.15, 0.2) is 0 Å². The van der Waals surface area contributed by atoms with Gasteiger partial charge < -0.3 is 42.8 Å². The Kier molecular flexibility index (Phi) is 8.42. The molecule has 0 aromatic carbocycles. The van der Waals surface area contributed by atoms with Crippen LogP contribution in [0.1, 0.15) is 27.7 Å². The summed E-state index contributed by atoms with van der Waals surface area (Å²) in [5.41, 5.74) is 0. The minimum Gasteiger partial charge on any atom is -0.394 e. The molecular weight excluding hydrogens is 438 g/mol. The molecule has 2 saturated heterocycles. The van der Waals surface area contributed by atoms with Crippen molar-refractivity contribution in [3.05, 3.63) is 0 Å². The summed E-state index contributed by atoms with van der Waals surface area (Å²) in [5.74, 6) is -0.256. The first-order valence-corrected chi connectivity index (χ1v) is 13.9. The lowest BCUT2D eigenvalue weighted by Gasteiger charge is -2.27. The van der Waals surface area contributed by atoms with Gasteiger partial charge in [-0.1, -0.05) is 13.8 Å². The summed E-state index contributed by atoms with van der Waals surface area (Å²) in [6.07, 6.45) is -2.99. The summed E-state index contributed by atoms with van der Waals surface area (Å²) in [6, 6.07) is 0. The third-order valence-corrected chi connectivity index (χ3v) is 7.46. The van der Waals surface area contributed by atoms with Gasteiger partial charge in [0.05, 0.1) is 25.4 Å². The first kappa shape index (κ1) is 24.2. The lowest BCUT2D eigenvalue weighted by Crippen LogP contribution is -2.33. The summed E-state index contributed by atoms with van der Waals surface area (Å²) in [6.45, 7) is -0.601. The second kappa shape index (κ2) is 9.39. The van der Waals surface area contributed by atoms with Crippen molar-refractivity contribution in [1.29, 1.82) is 0 Å². The van der Waals surface area contributed by atoms with Crippen molar-refractivity contribution in [3.63, 3.8) is 0 Å². The summed E-state index contributed by atoms with van der Waals surface area (Å²) in [5, 5.41) is 9.43. The van der Waals surface area contributed by atoms with Gasteiger partial charge in [-0.25, -0.2) is 0 Å². The molecule has 3 unspecified atom stereocenters. The Hall–Kier alpha value is 0.940.